The minimum Gasteiger partial charge on any atom is -0.385 e. The van der Waals surface area contributed by atoms with Crippen LogP contribution in [-0.4, -0.2) is 175 Å². The van der Waals surface area contributed by atoms with Crippen LogP contribution in [-0.2, 0) is 63.5 Å². The Morgan fingerprint density at radius 3 is 1.27 bits per heavy atom. The third kappa shape index (κ3) is 27.3. The summed E-state index contributed by atoms with van der Waals surface area (Å²) in [7, 11) is 6.17. The fraction of sp³-hybridized carbons (Fsp3) is 0.700. The summed E-state index contributed by atoms with van der Waals surface area (Å²) in [5.74, 6) is -1.77. The zero-order valence-electron chi connectivity index (χ0n) is 35.5. The van der Waals surface area contributed by atoms with Gasteiger partial charge in [0.15, 0.2) is 5.78 Å². The van der Waals surface area contributed by atoms with Crippen molar-refractivity contribution in [1.29, 1.82) is 0 Å². The number of rotatable bonds is 37. The summed E-state index contributed by atoms with van der Waals surface area (Å²) in [5.41, 5.74) is 1.13. The van der Waals surface area contributed by atoms with Gasteiger partial charge < -0.3 is 64.5 Å². The Bertz CT molecular complexity index is 1340. The number of ether oxygens (including phenoxy) is 8. The molecule has 1 aromatic carbocycles. The molecular weight excluding hydrogens is 774 g/mol. The second-order valence-corrected chi connectivity index (χ2v) is 13.3. The summed E-state index contributed by atoms with van der Waals surface area (Å²) in [6.45, 7) is 4.61. The number of benzene rings is 1. The van der Waals surface area contributed by atoms with Gasteiger partial charge in [0.05, 0.1) is 78.2 Å². The first-order chi connectivity index (χ1) is 28.6. The van der Waals surface area contributed by atoms with Crippen LogP contribution in [0.1, 0.15) is 65.3 Å². The highest BCUT2D eigenvalue weighted by Crippen LogP contribution is 2.13. The van der Waals surface area contributed by atoms with Crippen LogP contribution >= 0.6 is 0 Å². The summed E-state index contributed by atoms with van der Waals surface area (Å²) in [4.78, 5) is 75.9. The van der Waals surface area contributed by atoms with Crippen LogP contribution < -0.4 is 26.6 Å². The van der Waals surface area contributed by atoms with Gasteiger partial charge in [0.25, 0.3) is 11.8 Å². The van der Waals surface area contributed by atoms with Crippen LogP contribution in [0.3, 0.4) is 0 Å². The van der Waals surface area contributed by atoms with Crippen molar-refractivity contribution >= 4 is 35.3 Å². The number of hydrogen-bond acceptors (Lipinski definition) is 14. The average molecular weight is 842 g/mol. The number of carbonyl (C=O) groups excluding carboxylic acids is 6. The smallest absolute Gasteiger partial charge is 0.251 e. The summed E-state index contributed by atoms with van der Waals surface area (Å²) < 4.78 is 42.6. The topological polar surface area (TPSA) is 236 Å². The average Bonchev–Trinajstić information content (AvgIpc) is 3.22. The first-order valence-electron chi connectivity index (χ1n) is 19.9. The van der Waals surface area contributed by atoms with E-state index in [-0.39, 0.29) is 113 Å². The van der Waals surface area contributed by atoms with Crippen LogP contribution in [0.25, 0.3) is 0 Å². The molecule has 0 aromatic heterocycles. The van der Waals surface area contributed by atoms with Crippen LogP contribution in [0.5, 0.6) is 0 Å². The molecule has 0 bridgehead atoms. The van der Waals surface area contributed by atoms with E-state index < -0.39 is 23.9 Å². The molecule has 0 saturated heterocycles. The van der Waals surface area contributed by atoms with Crippen molar-refractivity contribution < 1.29 is 66.7 Å². The Labute approximate surface area is 347 Å². The van der Waals surface area contributed by atoms with Gasteiger partial charge in [-0.2, -0.15) is 0 Å². The third-order valence-electron chi connectivity index (χ3n) is 8.24. The van der Waals surface area contributed by atoms with Gasteiger partial charge in [-0.05, 0) is 36.6 Å². The van der Waals surface area contributed by atoms with Crippen molar-refractivity contribution in [3.05, 3.63) is 34.9 Å². The summed E-state index contributed by atoms with van der Waals surface area (Å²) in [5, 5.41) is 13.9. The van der Waals surface area contributed by atoms with Crippen LogP contribution in [0.4, 0.5) is 0 Å². The van der Waals surface area contributed by atoms with E-state index in [0.717, 1.165) is 5.56 Å². The number of Topliss-reactive ketones (excluding diaryl/α,β-unsaturated/α-hetero) is 1. The number of carbonyl (C=O) groups is 6. The van der Waals surface area contributed by atoms with E-state index in [1.165, 1.54) is 27.4 Å². The van der Waals surface area contributed by atoms with E-state index in [2.05, 4.69) is 26.6 Å². The molecule has 0 aliphatic carbocycles. The van der Waals surface area contributed by atoms with Gasteiger partial charge in [-0.25, -0.2) is 0 Å². The maximum Gasteiger partial charge on any atom is 0.251 e. The maximum absolute atomic E-state index is 13.7. The molecule has 0 saturated carbocycles. The lowest BCUT2D eigenvalue weighted by Gasteiger charge is -2.21. The quantitative estimate of drug-likeness (QED) is 0.0554. The predicted molar refractivity (Wildman–Crippen MR) is 216 cm³/mol. The lowest BCUT2D eigenvalue weighted by atomic mass is 10.0. The number of methoxy groups -OCH3 is 4. The van der Waals surface area contributed by atoms with Gasteiger partial charge in [-0.1, -0.05) is 6.92 Å². The van der Waals surface area contributed by atoms with Crippen LogP contribution in [0, 0.1) is 0 Å². The monoisotopic (exact) mass is 841 g/mol. The molecule has 1 rings (SSSR count). The maximum atomic E-state index is 13.7. The van der Waals surface area contributed by atoms with Crippen LogP contribution in [0.15, 0.2) is 18.2 Å². The minimum atomic E-state index is -0.698. The summed E-state index contributed by atoms with van der Waals surface area (Å²) in [6, 6.07) is 3.44. The van der Waals surface area contributed by atoms with Gasteiger partial charge in [0.2, 0.25) is 17.7 Å². The van der Waals surface area contributed by atoms with Gasteiger partial charge in [-0.15, -0.1) is 0 Å². The zero-order valence-corrected chi connectivity index (χ0v) is 35.5. The van der Waals surface area contributed by atoms with E-state index in [4.69, 9.17) is 37.9 Å². The minimum absolute atomic E-state index is 0.00329. The van der Waals surface area contributed by atoms with E-state index in [1.807, 2.05) is 6.92 Å². The van der Waals surface area contributed by atoms with E-state index in [0.29, 0.717) is 58.9 Å². The third-order valence-corrected chi connectivity index (χ3v) is 8.24. The molecule has 0 spiro atoms. The largest absolute Gasteiger partial charge is 0.385 e. The highest BCUT2D eigenvalue weighted by molar-refractivity contribution is 6.00. The molecule has 59 heavy (non-hydrogen) atoms. The first-order valence-corrected chi connectivity index (χ1v) is 19.9. The number of hydrogen-bond donors (Lipinski definition) is 5. The van der Waals surface area contributed by atoms with Gasteiger partial charge in [0.1, 0.15) is 6.61 Å². The second kappa shape index (κ2) is 34.8. The molecule has 5 N–H and O–H groups in total. The molecule has 0 radical (unpaired) electrons. The molecule has 1 aromatic rings. The van der Waals surface area contributed by atoms with Crippen molar-refractivity contribution in [2.75, 3.05) is 127 Å². The molecule has 19 heteroatoms. The van der Waals surface area contributed by atoms with Gasteiger partial charge >= 0.3 is 0 Å². The van der Waals surface area contributed by atoms with E-state index >= 15 is 0 Å². The van der Waals surface area contributed by atoms with Crippen molar-refractivity contribution in [3.8, 4) is 0 Å². The highest BCUT2D eigenvalue weighted by Gasteiger charge is 2.21. The molecule has 0 aliphatic heterocycles. The molecule has 5 amide bonds. The fourth-order valence-corrected chi connectivity index (χ4v) is 5.07. The molecule has 0 fully saturated rings. The van der Waals surface area contributed by atoms with E-state index in [1.54, 1.807) is 19.2 Å². The lowest BCUT2D eigenvalue weighted by Crippen LogP contribution is -2.43. The van der Waals surface area contributed by atoms with Crippen molar-refractivity contribution in [2.24, 2.45) is 0 Å². The normalized spacial score (nSPS) is 11.6. The molecule has 1 atom stereocenters. The zero-order chi connectivity index (χ0) is 43.5. The first kappa shape index (κ1) is 52.9. The van der Waals surface area contributed by atoms with E-state index in [9.17, 15) is 28.8 Å². The highest BCUT2D eigenvalue weighted by atomic mass is 16.5. The number of nitrogens with one attached hydrogen (secondary N) is 5. The lowest BCUT2D eigenvalue weighted by molar-refractivity contribution is -0.125. The predicted octanol–water partition coefficient (Wildman–Crippen LogP) is -0.0340. The molecule has 0 heterocycles. The van der Waals surface area contributed by atoms with Crippen molar-refractivity contribution in [2.45, 2.75) is 57.5 Å². The SMILES string of the molecule is CCc1cc(C(=O)NC(COCCC(=O)NCCOC)COCCC(=O)NCCOC)cc(C(=O)NC(COCCC(=O)NCCOC)COCC(=O)CCCOC)c1. The molecular formula is C40H67N5O14. The number of ketones is 1. The summed E-state index contributed by atoms with van der Waals surface area (Å²) in [6.07, 6.45) is 1.63. The Hall–Kier alpha value is -4.08. The van der Waals surface area contributed by atoms with Crippen molar-refractivity contribution in [1.82, 2.24) is 26.6 Å². The fourth-order valence-electron chi connectivity index (χ4n) is 5.07. The van der Waals surface area contributed by atoms with Crippen LogP contribution in [0.2, 0.25) is 0 Å². The van der Waals surface area contributed by atoms with Gasteiger partial charge in [0, 0.05) is 91.5 Å². The Morgan fingerprint density at radius 1 is 0.508 bits per heavy atom. The standard InChI is InChI=1S/C40H67N5O14/c1-6-30-22-31(39(50)44-33(25-56-16-9-36(47)41-12-19-53-3)26-57-17-10-37(48)42-13-20-54-4)24-32(23-30)40(51)45-34(28-59-29-35(46)8-7-15-52-2)27-58-18-11-38(49)43-14-21-55-5/h22-24,33-34H,6-21,25-29H2,1-5H3,(H,41,47)(H,42,48)(H,43,49)(H,44,50)(H,45,51). The molecule has 19 nitrogen and oxygen atoms in total. The Balaban J connectivity index is 3.04. The Morgan fingerprint density at radius 2 is 0.898 bits per heavy atom. The summed E-state index contributed by atoms with van der Waals surface area (Å²) >= 11 is 0. The second-order valence-electron chi connectivity index (χ2n) is 13.3. The number of amides is 5. The Kier molecular flexibility index (Phi) is 31.2. The molecule has 0 aliphatic rings. The molecule has 1 unspecified atom stereocenters. The van der Waals surface area contributed by atoms with Gasteiger partial charge in [-0.3, -0.25) is 28.8 Å². The molecule has 336 valence electrons. The van der Waals surface area contributed by atoms with Crippen molar-refractivity contribution in [3.63, 3.8) is 0 Å². The number of aryl methyl sites for hydroxylation is 1.